The largest absolute Gasteiger partial charge is 0.493 e. The Morgan fingerprint density at radius 1 is 1.10 bits per heavy atom. The van der Waals surface area contributed by atoms with Gasteiger partial charge in [0.05, 0.1) is 14.2 Å². The number of hydrogen-bond acceptors (Lipinski definition) is 5. The lowest BCUT2D eigenvalue weighted by molar-refractivity contribution is 0.211. The van der Waals surface area contributed by atoms with E-state index in [2.05, 4.69) is 18.7 Å². The number of ether oxygens (including phenoxy) is 3. The van der Waals surface area contributed by atoms with Crippen LogP contribution in [0, 0.1) is 5.41 Å². The fourth-order valence-corrected chi connectivity index (χ4v) is 1.94. The van der Waals surface area contributed by atoms with Crippen molar-refractivity contribution in [1.82, 2.24) is 4.90 Å². The third-order valence-corrected chi connectivity index (χ3v) is 3.20. The molecule has 0 aliphatic heterocycles. The standard InChI is InChI=1S/C15H24N2O3/c1-5-17(6-2)7-8-20-15-13(18-3)9-12(11-16)10-14(15)19-4/h9-11,16H,5-8H2,1-4H3. The van der Waals surface area contributed by atoms with Gasteiger partial charge in [0.2, 0.25) is 5.75 Å². The van der Waals surface area contributed by atoms with Crippen molar-refractivity contribution >= 4 is 6.21 Å². The second-order valence-electron chi connectivity index (χ2n) is 4.27. The fourth-order valence-electron chi connectivity index (χ4n) is 1.94. The lowest BCUT2D eigenvalue weighted by Crippen LogP contribution is -2.28. The number of hydrogen-bond donors (Lipinski definition) is 1. The molecular formula is C15H24N2O3. The first-order valence-electron chi connectivity index (χ1n) is 6.81. The fraction of sp³-hybridized carbons (Fsp3) is 0.533. The number of likely N-dealkylation sites (N-methyl/N-ethyl adjacent to an activating group) is 1. The van der Waals surface area contributed by atoms with Gasteiger partial charge in [0, 0.05) is 12.8 Å². The third kappa shape index (κ3) is 4.13. The van der Waals surface area contributed by atoms with Crippen molar-refractivity contribution in [2.45, 2.75) is 13.8 Å². The number of methoxy groups -OCH3 is 2. The van der Waals surface area contributed by atoms with Crippen molar-refractivity contribution in [1.29, 1.82) is 5.41 Å². The minimum Gasteiger partial charge on any atom is -0.493 e. The van der Waals surface area contributed by atoms with Gasteiger partial charge in [-0.2, -0.15) is 0 Å². The molecule has 5 nitrogen and oxygen atoms in total. The van der Waals surface area contributed by atoms with Crippen molar-refractivity contribution < 1.29 is 14.2 Å². The smallest absolute Gasteiger partial charge is 0.203 e. The molecule has 0 fully saturated rings. The van der Waals surface area contributed by atoms with Crippen LogP contribution in [0.4, 0.5) is 0 Å². The Morgan fingerprint density at radius 2 is 1.65 bits per heavy atom. The van der Waals surface area contributed by atoms with Gasteiger partial charge in [-0.15, -0.1) is 0 Å². The van der Waals surface area contributed by atoms with E-state index in [1.165, 1.54) is 6.21 Å². The molecule has 0 atom stereocenters. The highest BCUT2D eigenvalue weighted by atomic mass is 16.5. The van der Waals surface area contributed by atoms with Crippen LogP contribution >= 0.6 is 0 Å². The van der Waals surface area contributed by atoms with E-state index in [1.807, 2.05) is 0 Å². The van der Waals surface area contributed by atoms with Gasteiger partial charge in [0.1, 0.15) is 6.61 Å². The minimum absolute atomic E-state index is 0.568. The summed E-state index contributed by atoms with van der Waals surface area (Å²) in [5, 5.41) is 7.32. The first-order valence-corrected chi connectivity index (χ1v) is 6.81. The van der Waals surface area contributed by atoms with Crippen LogP contribution in [0.2, 0.25) is 0 Å². The van der Waals surface area contributed by atoms with E-state index in [0.717, 1.165) is 25.2 Å². The van der Waals surface area contributed by atoms with Crippen molar-refractivity contribution in [3.8, 4) is 17.2 Å². The van der Waals surface area contributed by atoms with Crippen LogP contribution in [0.15, 0.2) is 12.1 Å². The average Bonchev–Trinajstić information content (AvgIpc) is 2.50. The molecule has 0 aromatic heterocycles. The molecule has 5 heteroatoms. The Kier molecular flexibility index (Phi) is 6.87. The van der Waals surface area contributed by atoms with Gasteiger partial charge in [0.15, 0.2) is 11.5 Å². The Morgan fingerprint density at radius 3 is 2.05 bits per heavy atom. The molecule has 0 radical (unpaired) electrons. The molecule has 1 N–H and O–H groups in total. The maximum absolute atomic E-state index is 7.32. The van der Waals surface area contributed by atoms with E-state index in [1.54, 1.807) is 26.4 Å². The third-order valence-electron chi connectivity index (χ3n) is 3.20. The Hall–Kier alpha value is -1.75. The molecule has 0 bridgehead atoms. The Bertz CT molecular complexity index is 406. The van der Waals surface area contributed by atoms with E-state index in [9.17, 15) is 0 Å². The van der Waals surface area contributed by atoms with Crippen molar-refractivity contribution in [2.75, 3.05) is 40.5 Å². The molecule has 20 heavy (non-hydrogen) atoms. The highest BCUT2D eigenvalue weighted by Crippen LogP contribution is 2.38. The van der Waals surface area contributed by atoms with Crippen LogP contribution in [-0.2, 0) is 0 Å². The van der Waals surface area contributed by atoms with E-state index in [-0.39, 0.29) is 0 Å². The molecule has 112 valence electrons. The normalized spacial score (nSPS) is 10.4. The number of nitrogens with one attached hydrogen (secondary N) is 1. The summed E-state index contributed by atoms with van der Waals surface area (Å²) >= 11 is 0. The maximum Gasteiger partial charge on any atom is 0.203 e. The summed E-state index contributed by atoms with van der Waals surface area (Å²) in [5.74, 6) is 1.76. The molecule has 1 aromatic carbocycles. The van der Waals surface area contributed by atoms with Crippen molar-refractivity contribution in [2.24, 2.45) is 0 Å². The summed E-state index contributed by atoms with van der Waals surface area (Å²) in [6.07, 6.45) is 1.25. The van der Waals surface area contributed by atoms with E-state index in [0.29, 0.717) is 23.9 Å². The van der Waals surface area contributed by atoms with Gasteiger partial charge in [-0.3, -0.25) is 0 Å². The summed E-state index contributed by atoms with van der Waals surface area (Å²) in [5.41, 5.74) is 0.717. The monoisotopic (exact) mass is 280 g/mol. The lowest BCUT2D eigenvalue weighted by Gasteiger charge is -2.20. The van der Waals surface area contributed by atoms with Crippen molar-refractivity contribution in [3.63, 3.8) is 0 Å². The second kappa shape index (κ2) is 8.43. The molecule has 0 aliphatic rings. The highest BCUT2D eigenvalue weighted by Gasteiger charge is 2.14. The van der Waals surface area contributed by atoms with Crippen LogP contribution in [-0.4, -0.2) is 51.6 Å². The van der Waals surface area contributed by atoms with Crippen LogP contribution in [0.3, 0.4) is 0 Å². The van der Waals surface area contributed by atoms with Crippen molar-refractivity contribution in [3.05, 3.63) is 17.7 Å². The molecule has 0 unspecified atom stereocenters. The van der Waals surface area contributed by atoms with Crippen LogP contribution < -0.4 is 14.2 Å². The quantitative estimate of drug-likeness (QED) is 0.706. The molecule has 0 spiro atoms. The SMILES string of the molecule is CCN(CC)CCOc1c(OC)cc(C=N)cc1OC. The highest BCUT2D eigenvalue weighted by molar-refractivity contribution is 5.80. The predicted octanol–water partition coefficient (Wildman–Crippen LogP) is 2.42. The first-order chi connectivity index (χ1) is 9.69. The zero-order chi connectivity index (χ0) is 15.0. The van der Waals surface area contributed by atoms with E-state index in [4.69, 9.17) is 19.6 Å². The predicted molar refractivity (Wildman–Crippen MR) is 80.7 cm³/mol. The summed E-state index contributed by atoms with van der Waals surface area (Å²) in [4.78, 5) is 2.28. The summed E-state index contributed by atoms with van der Waals surface area (Å²) in [7, 11) is 3.17. The lowest BCUT2D eigenvalue weighted by atomic mass is 10.2. The first kappa shape index (κ1) is 16.3. The minimum atomic E-state index is 0.568. The van der Waals surface area contributed by atoms with Gasteiger partial charge >= 0.3 is 0 Å². The molecular weight excluding hydrogens is 256 g/mol. The number of benzene rings is 1. The number of rotatable bonds is 9. The van der Waals surface area contributed by atoms with Gasteiger partial charge in [-0.25, -0.2) is 0 Å². The molecule has 1 aromatic rings. The van der Waals surface area contributed by atoms with Gasteiger partial charge in [-0.1, -0.05) is 13.8 Å². The molecule has 0 heterocycles. The van der Waals surface area contributed by atoms with Gasteiger partial charge in [-0.05, 0) is 30.8 Å². The molecule has 1 rings (SSSR count). The zero-order valence-electron chi connectivity index (χ0n) is 12.7. The summed E-state index contributed by atoms with van der Waals surface area (Å²) < 4.78 is 16.5. The van der Waals surface area contributed by atoms with Gasteiger partial charge < -0.3 is 24.5 Å². The molecule has 0 aliphatic carbocycles. The van der Waals surface area contributed by atoms with Gasteiger partial charge in [0.25, 0.3) is 0 Å². The molecule has 0 saturated carbocycles. The van der Waals surface area contributed by atoms with Crippen LogP contribution in [0.1, 0.15) is 19.4 Å². The zero-order valence-corrected chi connectivity index (χ0v) is 12.7. The summed E-state index contributed by atoms with van der Waals surface area (Å²) in [6, 6.07) is 3.53. The molecule has 0 saturated heterocycles. The van der Waals surface area contributed by atoms with E-state index >= 15 is 0 Å². The molecule has 0 amide bonds. The Labute approximate surface area is 121 Å². The Balaban J connectivity index is 2.84. The second-order valence-corrected chi connectivity index (χ2v) is 4.27. The van der Waals surface area contributed by atoms with Crippen LogP contribution in [0.5, 0.6) is 17.2 Å². The topological polar surface area (TPSA) is 54.8 Å². The number of nitrogens with zero attached hydrogens (tertiary/aromatic N) is 1. The average molecular weight is 280 g/mol. The maximum atomic E-state index is 7.32. The summed E-state index contributed by atoms with van der Waals surface area (Å²) in [6.45, 7) is 7.68. The van der Waals surface area contributed by atoms with Crippen LogP contribution in [0.25, 0.3) is 0 Å². The van der Waals surface area contributed by atoms with E-state index < -0.39 is 0 Å².